The van der Waals surface area contributed by atoms with Gasteiger partial charge in [-0.25, -0.2) is 0 Å². The zero-order chi connectivity index (χ0) is 13.8. The first-order valence-corrected chi connectivity index (χ1v) is 7.75. The molecule has 0 spiro atoms. The summed E-state index contributed by atoms with van der Waals surface area (Å²) in [5.41, 5.74) is 0.891. The van der Waals surface area contributed by atoms with Crippen molar-refractivity contribution in [3.63, 3.8) is 0 Å². The summed E-state index contributed by atoms with van der Waals surface area (Å²) < 4.78 is 0.873. The van der Waals surface area contributed by atoms with Gasteiger partial charge in [-0.05, 0) is 60.3 Å². The normalized spacial score (nSPS) is 17.1. The van der Waals surface area contributed by atoms with Gasteiger partial charge in [0, 0.05) is 28.3 Å². The topological polar surface area (TPSA) is 32.3 Å². The zero-order valence-corrected chi connectivity index (χ0v) is 13.3. The Morgan fingerprint density at radius 2 is 2.05 bits per heavy atom. The summed E-state index contributed by atoms with van der Waals surface area (Å²) in [6.07, 6.45) is 3.46. The average molecular weight is 346 g/mol. The number of halogens is 2. The van der Waals surface area contributed by atoms with E-state index in [2.05, 4.69) is 21.2 Å². The van der Waals surface area contributed by atoms with Gasteiger partial charge < -0.3 is 10.2 Å². The number of hydrogen-bond donors (Lipinski definition) is 1. The van der Waals surface area contributed by atoms with Crippen LogP contribution in [0.5, 0.6) is 0 Å². The average Bonchev–Trinajstić information content (AvgIpc) is 2.42. The first-order valence-electron chi connectivity index (χ1n) is 6.58. The molecule has 0 saturated carbocycles. The molecule has 5 heteroatoms. The van der Waals surface area contributed by atoms with Crippen molar-refractivity contribution < 1.29 is 4.79 Å². The van der Waals surface area contributed by atoms with E-state index in [-0.39, 0.29) is 11.9 Å². The van der Waals surface area contributed by atoms with Crippen LogP contribution in [-0.2, 0) is 4.79 Å². The van der Waals surface area contributed by atoms with Gasteiger partial charge in [0.15, 0.2) is 0 Å². The quantitative estimate of drug-likeness (QED) is 0.900. The van der Waals surface area contributed by atoms with Crippen LogP contribution in [0.25, 0.3) is 0 Å². The molecule has 1 fully saturated rings. The fraction of sp³-hybridized carbons (Fsp3) is 0.500. The van der Waals surface area contributed by atoms with Gasteiger partial charge in [0.2, 0.25) is 5.91 Å². The van der Waals surface area contributed by atoms with Crippen molar-refractivity contribution >= 4 is 39.1 Å². The Hall–Kier alpha value is -0.740. The molecule has 1 aliphatic heterocycles. The van der Waals surface area contributed by atoms with Crippen molar-refractivity contribution in [2.24, 2.45) is 0 Å². The number of amides is 1. The maximum atomic E-state index is 12.3. The third-order valence-electron chi connectivity index (χ3n) is 3.34. The number of piperidine rings is 1. The van der Waals surface area contributed by atoms with E-state index in [1.54, 1.807) is 0 Å². The maximum absolute atomic E-state index is 12.3. The summed E-state index contributed by atoms with van der Waals surface area (Å²) in [5, 5.41) is 3.91. The molecule has 1 aromatic rings. The first kappa shape index (κ1) is 14.7. The van der Waals surface area contributed by atoms with Crippen molar-refractivity contribution in [2.75, 3.05) is 18.4 Å². The Kier molecular flexibility index (Phi) is 5.11. The third kappa shape index (κ3) is 3.86. The molecule has 1 amide bonds. The maximum Gasteiger partial charge on any atom is 0.244 e. The van der Waals surface area contributed by atoms with Gasteiger partial charge in [-0.2, -0.15) is 0 Å². The second-order valence-corrected chi connectivity index (χ2v) is 6.17. The first-order chi connectivity index (χ1) is 9.08. The lowest BCUT2D eigenvalue weighted by Crippen LogP contribution is -2.43. The monoisotopic (exact) mass is 344 g/mol. The Labute approximate surface area is 127 Å². The number of carbonyl (C=O) groups is 1. The highest BCUT2D eigenvalue weighted by atomic mass is 79.9. The molecule has 0 bridgehead atoms. The molecule has 2 rings (SSSR count). The molecular formula is C14H18BrClN2O. The highest BCUT2D eigenvalue weighted by molar-refractivity contribution is 9.10. The van der Waals surface area contributed by atoms with E-state index >= 15 is 0 Å². The highest BCUT2D eigenvalue weighted by Gasteiger charge is 2.22. The Bertz CT molecular complexity index is 461. The van der Waals surface area contributed by atoms with Crippen LogP contribution in [0.3, 0.4) is 0 Å². The number of nitrogens with zero attached hydrogens (tertiary/aromatic N) is 1. The Morgan fingerprint density at radius 3 is 2.68 bits per heavy atom. The van der Waals surface area contributed by atoms with Crippen molar-refractivity contribution in [3.8, 4) is 0 Å². The molecule has 0 aliphatic carbocycles. The predicted octanol–water partition coefficient (Wildman–Crippen LogP) is 3.92. The van der Waals surface area contributed by atoms with Gasteiger partial charge in [-0.3, -0.25) is 4.79 Å². The smallest absolute Gasteiger partial charge is 0.244 e. The van der Waals surface area contributed by atoms with Gasteiger partial charge in [-0.15, -0.1) is 0 Å². The summed E-state index contributed by atoms with van der Waals surface area (Å²) in [6.45, 7) is 3.66. The summed E-state index contributed by atoms with van der Waals surface area (Å²) in [5.74, 6) is 0.168. The molecule has 1 atom stereocenters. The molecule has 1 saturated heterocycles. The highest BCUT2D eigenvalue weighted by Crippen LogP contribution is 2.26. The molecule has 1 unspecified atom stereocenters. The summed E-state index contributed by atoms with van der Waals surface area (Å²) in [7, 11) is 0. The minimum absolute atomic E-state index is 0.168. The Balaban J connectivity index is 1.99. The van der Waals surface area contributed by atoms with Crippen molar-refractivity contribution in [2.45, 2.75) is 32.2 Å². The fourth-order valence-corrected chi connectivity index (χ4v) is 3.09. The number of anilines is 1. The van der Waals surface area contributed by atoms with Crippen LogP contribution in [0, 0.1) is 0 Å². The van der Waals surface area contributed by atoms with Crippen LogP contribution < -0.4 is 5.32 Å². The van der Waals surface area contributed by atoms with E-state index in [1.165, 1.54) is 6.42 Å². The van der Waals surface area contributed by atoms with Gasteiger partial charge in [0.1, 0.15) is 6.04 Å². The molecular weight excluding hydrogens is 328 g/mol. The van der Waals surface area contributed by atoms with Crippen LogP contribution in [0.15, 0.2) is 22.7 Å². The van der Waals surface area contributed by atoms with E-state index in [0.29, 0.717) is 5.02 Å². The number of rotatable bonds is 3. The third-order valence-corrected chi connectivity index (χ3v) is 4.23. The van der Waals surface area contributed by atoms with Crippen LogP contribution in [0.2, 0.25) is 5.02 Å². The fourth-order valence-electron chi connectivity index (χ4n) is 2.29. The van der Waals surface area contributed by atoms with Crippen LogP contribution >= 0.6 is 27.5 Å². The number of carbonyl (C=O) groups excluding carboxylic acids is 1. The SMILES string of the molecule is CC(Nc1ccc(Cl)cc1Br)C(=O)N1CCCCC1. The summed E-state index contributed by atoms with van der Waals surface area (Å²) in [4.78, 5) is 14.3. The largest absolute Gasteiger partial charge is 0.373 e. The van der Waals surface area contributed by atoms with Crippen LogP contribution in [0.1, 0.15) is 26.2 Å². The van der Waals surface area contributed by atoms with Gasteiger partial charge in [0.05, 0.1) is 0 Å². The van der Waals surface area contributed by atoms with Crippen molar-refractivity contribution in [1.82, 2.24) is 4.90 Å². The van der Waals surface area contributed by atoms with Crippen LogP contribution in [0.4, 0.5) is 5.69 Å². The summed E-state index contributed by atoms with van der Waals surface area (Å²) >= 11 is 9.35. The second kappa shape index (κ2) is 6.62. The van der Waals surface area contributed by atoms with E-state index in [0.717, 1.165) is 36.1 Å². The number of nitrogens with one attached hydrogen (secondary N) is 1. The van der Waals surface area contributed by atoms with Crippen molar-refractivity contribution in [1.29, 1.82) is 0 Å². The molecule has 1 heterocycles. The Morgan fingerprint density at radius 1 is 1.37 bits per heavy atom. The predicted molar refractivity (Wildman–Crippen MR) is 82.7 cm³/mol. The lowest BCUT2D eigenvalue weighted by Gasteiger charge is -2.30. The van der Waals surface area contributed by atoms with Gasteiger partial charge in [-0.1, -0.05) is 11.6 Å². The summed E-state index contributed by atoms with van der Waals surface area (Å²) in [6, 6.07) is 5.29. The number of hydrogen-bond acceptors (Lipinski definition) is 2. The van der Waals surface area contributed by atoms with Crippen LogP contribution in [-0.4, -0.2) is 29.9 Å². The molecule has 0 radical (unpaired) electrons. The second-order valence-electron chi connectivity index (χ2n) is 4.88. The minimum atomic E-state index is -0.226. The molecule has 0 aromatic heterocycles. The number of likely N-dealkylation sites (tertiary alicyclic amines) is 1. The molecule has 104 valence electrons. The van der Waals surface area contributed by atoms with E-state index in [4.69, 9.17) is 11.6 Å². The van der Waals surface area contributed by atoms with Crippen molar-refractivity contribution in [3.05, 3.63) is 27.7 Å². The molecule has 3 nitrogen and oxygen atoms in total. The van der Waals surface area contributed by atoms with E-state index in [1.807, 2.05) is 30.0 Å². The standard InChI is InChI=1S/C14H18BrClN2O/c1-10(14(19)18-7-3-2-4-8-18)17-13-6-5-11(16)9-12(13)15/h5-6,9-10,17H,2-4,7-8H2,1H3. The van der Waals surface area contributed by atoms with E-state index < -0.39 is 0 Å². The molecule has 1 N–H and O–H groups in total. The van der Waals surface area contributed by atoms with E-state index in [9.17, 15) is 4.79 Å². The molecule has 1 aromatic carbocycles. The van der Waals surface area contributed by atoms with Gasteiger partial charge in [0.25, 0.3) is 0 Å². The lowest BCUT2D eigenvalue weighted by atomic mass is 10.1. The zero-order valence-electron chi connectivity index (χ0n) is 11.0. The number of benzene rings is 1. The molecule has 1 aliphatic rings. The lowest BCUT2D eigenvalue weighted by molar-refractivity contribution is -0.132. The van der Waals surface area contributed by atoms with Gasteiger partial charge >= 0.3 is 0 Å². The minimum Gasteiger partial charge on any atom is -0.373 e. The molecule has 19 heavy (non-hydrogen) atoms.